The minimum atomic E-state index is 0.551. The van der Waals surface area contributed by atoms with Gasteiger partial charge in [0.05, 0.1) is 0 Å². The number of hydrogen-bond donors (Lipinski definition) is 0. The molecule has 0 saturated heterocycles. The Morgan fingerprint density at radius 2 is 2.00 bits per heavy atom. The van der Waals surface area contributed by atoms with Gasteiger partial charge >= 0.3 is 0 Å². The summed E-state index contributed by atoms with van der Waals surface area (Å²) in [4.78, 5) is 2.14. The maximum Gasteiger partial charge on any atom is 0.0000921 e. The van der Waals surface area contributed by atoms with Crippen LogP contribution in [0.15, 0.2) is 0 Å². The van der Waals surface area contributed by atoms with Crippen LogP contribution >= 0.6 is 0 Å². The van der Waals surface area contributed by atoms with E-state index in [2.05, 4.69) is 32.8 Å². The normalized spacial score (nSPS) is 11.1. The average Bonchev–Trinajstić information content (AvgIpc) is 1.27. The van der Waals surface area contributed by atoms with Crippen molar-refractivity contribution in [3.05, 3.63) is 6.92 Å². The Bertz CT molecular complexity index is 33.4. The van der Waals surface area contributed by atoms with E-state index in [0.29, 0.717) is 5.92 Å². The predicted octanol–water partition coefficient (Wildman–Crippen LogP) is 1.02. The summed E-state index contributed by atoms with van der Waals surface area (Å²) in [6.07, 6.45) is 0. The standard InChI is InChI=1S/C6H14N/c1-6(2)5-7(3)4/h6H,1,5H2,2-4H3. The van der Waals surface area contributed by atoms with Gasteiger partial charge in [0.2, 0.25) is 0 Å². The summed E-state index contributed by atoms with van der Waals surface area (Å²) in [7, 11) is 4.11. The van der Waals surface area contributed by atoms with Crippen molar-refractivity contribution in [2.75, 3.05) is 20.6 Å². The van der Waals surface area contributed by atoms with Crippen LogP contribution in [0.3, 0.4) is 0 Å². The van der Waals surface area contributed by atoms with Gasteiger partial charge in [-0.1, -0.05) is 6.92 Å². The fraction of sp³-hybridized carbons (Fsp3) is 0.833. The molecule has 0 aliphatic carbocycles. The molecule has 0 bridgehead atoms. The highest BCUT2D eigenvalue weighted by Gasteiger charge is 1.92. The second-order valence-corrected chi connectivity index (χ2v) is 2.37. The maximum absolute atomic E-state index is 3.84. The lowest BCUT2D eigenvalue weighted by Crippen LogP contribution is -2.17. The first-order chi connectivity index (χ1) is 3.13. The Labute approximate surface area is 46.3 Å². The zero-order valence-corrected chi connectivity index (χ0v) is 5.44. The van der Waals surface area contributed by atoms with E-state index in [1.54, 1.807) is 0 Å². The molecule has 1 nitrogen and oxygen atoms in total. The van der Waals surface area contributed by atoms with E-state index in [1.165, 1.54) is 0 Å². The zero-order chi connectivity index (χ0) is 5.86. The summed E-state index contributed by atoms with van der Waals surface area (Å²) in [5.41, 5.74) is 0. The Morgan fingerprint density at radius 1 is 1.57 bits per heavy atom. The van der Waals surface area contributed by atoms with E-state index < -0.39 is 0 Å². The third-order valence-electron chi connectivity index (χ3n) is 0.677. The molecule has 0 heterocycles. The lowest BCUT2D eigenvalue weighted by atomic mass is 10.2. The Kier molecular flexibility index (Phi) is 3.01. The molecule has 1 unspecified atom stereocenters. The largest absolute Gasteiger partial charge is 0.309 e. The van der Waals surface area contributed by atoms with Crippen LogP contribution in [0, 0.1) is 12.8 Å². The first-order valence-corrected chi connectivity index (χ1v) is 2.60. The molecular weight excluding hydrogens is 86.1 g/mol. The SMILES string of the molecule is [CH2]C(C)CN(C)C. The second kappa shape index (κ2) is 3.03. The summed E-state index contributed by atoms with van der Waals surface area (Å²) in [5.74, 6) is 0.551. The molecule has 0 aromatic carbocycles. The molecule has 1 atom stereocenters. The van der Waals surface area contributed by atoms with Crippen molar-refractivity contribution in [1.82, 2.24) is 4.90 Å². The van der Waals surface area contributed by atoms with Crippen LogP contribution in [0.25, 0.3) is 0 Å². The first kappa shape index (κ1) is 6.96. The summed E-state index contributed by atoms with van der Waals surface area (Å²) in [6, 6.07) is 0. The van der Waals surface area contributed by atoms with Crippen LogP contribution in [0.1, 0.15) is 6.92 Å². The van der Waals surface area contributed by atoms with Crippen LogP contribution in [0.5, 0.6) is 0 Å². The van der Waals surface area contributed by atoms with Crippen molar-refractivity contribution < 1.29 is 0 Å². The average molecular weight is 100 g/mol. The number of nitrogens with zero attached hydrogens (tertiary/aromatic N) is 1. The molecule has 1 heteroatoms. The topological polar surface area (TPSA) is 3.24 Å². The van der Waals surface area contributed by atoms with Gasteiger partial charge in [-0.05, 0) is 26.9 Å². The zero-order valence-electron chi connectivity index (χ0n) is 5.44. The number of rotatable bonds is 2. The highest BCUT2D eigenvalue weighted by atomic mass is 15.0. The van der Waals surface area contributed by atoms with Gasteiger partial charge in [0.15, 0.2) is 0 Å². The van der Waals surface area contributed by atoms with E-state index in [1.807, 2.05) is 0 Å². The molecule has 0 aromatic heterocycles. The third-order valence-corrected chi connectivity index (χ3v) is 0.677. The van der Waals surface area contributed by atoms with Crippen LogP contribution in [0.2, 0.25) is 0 Å². The van der Waals surface area contributed by atoms with Crippen molar-refractivity contribution in [1.29, 1.82) is 0 Å². The van der Waals surface area contributed by atoms with E-state index in [-0.39, 0.29) is 0 Å². The minimum absolute atomic E-state index is 0.551. The summed E-state index contributed by atoms with van der Waals surface area (Å²) in [6.45, 7) is 7.03. The van der Waals surface area contributed by atoms with Crippen LogP contribution in [-0.2, 0) is 0 Å². The quantitative estimate of drug-likeness (QED) is 0.500. The summed E-state index contributed by atoms with van der Waals surface area (Å²) < 4.78 is 0. The van der Waals surface area contributed by atoms with Gasteiger partial charge in [0, 0.05) is 6.54 Å². The van der Waals surface area contributed by atoms with Gasteiger partial charge < -0.3 is 4.90 Å². The van der Waals surface area contributed by atoms with E-state index in [9.17, 15) is 0 Å². The van der Waals surface area contributed by atoms with Crippen LogP contribution < -0.4 is 0 Å². The molecule has 7 heavy (non-hydrogen) atoms. The molecule has 0 rings (SSSR count). The molecule has 0 aliphatic rings. The van der Waals surface area contributed by atoms with Gasteiger partial charge in [0.1, 0.15) is 0 Å². The van der Waals surface area contributed by atoms with Crippen molar-refractivity contribution in [3.8, 4) is 0 Å². The molecule has 0 aliphatic heterocycles. The van der Waals surface area contributed by atoms with Crippen molar-refractivity contribution >= 4 is 0 Å². The van der Waals surface area contributed by atoms with Gasteiger partial charge in [0.25, 0.3) is 0 Å². The fourth-order valence-corrected chi connectivity index (χ4v) is 0.623. The molecule has 43 valence electrons. The predicted molar refractivity (Wildman–Crippen MR) is 33.1 cm³/mol. The molecule has 0 aromatic rings. The second-order valence-electron chi connectivity index (χ2n) is 2.37. The molecule has 0 amide bonds. The highest BCUT2D eigenvalue weighted by molar-refractivity contribution is 4.55. The Balaban J connectivity index is 2.95. The highest BCUT2D eigenvalue weighted by Crippen LogP contribution is 1.90. The Morgan fingerprint density at radius 3 is 2.00 bits per heavy atom. The van der Waals surface area contributed by atoms with E-state index in [0.717, 1.165) is 6.54 Å². The fourth-order valence-electron chi connectivity index (χ4n) is 0.623. The molecular formula is C6H14N. The summed E-state index contributed by atoms with van der Waals surface area (Å²) >= 11 is 0. The molecule has 1 radical (unpaired) electrons. The first-order valence-electron chi connectivity index (χ1n) is 2.60. The molecule has 0 fully saturated rings. The monoisotopic (exact) mass is 100 g/mol. The number of hydrogen-bond acceptors (Lipinski definition) is 1. The van der Waals surface area contributed by atoms with E-state index >= 15 is 0 Å². The maximum atomic E-state index is 3.84. The van der Waals surface area contributed by atoms with Gasteiger partial charge in [-0.25, -0.2) is 0 Å². The van der Waals surface area contributed by atoms with Crippen LogP contribution in [0.4, 0.5) is 0 Å². The molecule has 0 saturated carbocycles. The lowest BCUT2D eigenvalue weighted by molar-refractivity contribution is 0.370. The van der Waals surface area contributed by atoms with Gasteiger partial charge in [-0.15, -0.1) is 0 Å². The Hall–Kier alpha value is -0.0400. The minimum Gasteiger partial charge on any atom is -0.309 e. The van der Waals surface area contributed by atoms with Gasteiger partial charge in [-0.3, -0.25) is 0 Å². The third kappa shape index (κ3) is 5.96. The van der Waals surface area contributed by atoms with Gasteiger partial charge in [-0.2, -0.15) is 0 Å². The summed E-state index contributed by atoms with van der Waals surface area (Å²) in [5, 5.41) is 0. The molecule has 0 N–H and O–H groups in total. The van der Waals surface area contributed by atoms with Crippen LogP contribution in [-0.4, -0.2) is 25.5 Å². The van der Waals surface area contributed by atoms with E-state index in [4.69, 9.17) is 0 Å². The van der Waals surface area contributed by atoms with Crippen molar-refractivity contribution in [3.63, 3.8) is 0 Å². The lowest BCUT2D eigenvalue weighted by Gasteiger charge is -2.10. The van der Waals surface area contributed by atoms with Crippen molar-refractivity contribution in [2.24, 2.45) is 5.92 Å². The molecule has 0 spiro atoms. The van der Waals surface area contributed by atoms with Crippen molar-refractivity contribution in [2.45, 2.75) is 6.92 Å². The smallest absolute Gasteiger partial charge is 0.0000921 e.